The summed E-state index contributed by atoms with van der Waals surface area (Å²) in [6.07, 6.45) is 8.93. The molecule has 2 aliphatic rings. The maximum Gasteiger partial charge on any atom is 0.305 e. The Bertz CT molecular complexity index is 414. The number of esters is 1. The molecule has 0 aromatic heterocycles. The van der Waals surface area contributed by atoms with Gasteiger partial charge in [-0.1, -0.05) is 12.8 Å². The summed E-state index contributed by atoms with van der Waals surface area (Å²) in [5, 5.41) is 6.85. The number of hydrogen-bond acceptors (Lipinski definition) is 4. The quantitative estimate of drug-likeness (QED) is 0.277. The summed E-state index contributed by atoms with van der Waals surface area (Å²) in [5.74, 6) is 0.826. The van der Waals surface area contributed by atoms with E-state index in [-0.39, 0.29) is 5.97 Å². The van der Waals surface area contributed by atoms with Crippen molar-refractivity contribution in [3.8, 4) is 0 Å². The van der Waals surface area contributed by atoms with Gasteiger partial charge in [-0.05, 0) is 46.0 Å². The standard InChI is InChI=1S/C18H33N3O3/c1-3-19-18(21-15-13-14-10-11-16(15)24-14)20-12-8-6-5-7-9-17(22)23-4-2/h14-16H,3-13H2,1-2H3,(H2,19,20,21). The van der Waals surface area contributed by atoms with Gasteiger partial charge in [0, 0.05) is 19.5 Å². The third-order valence-corrected chi connectivity index (χ3v) is 4.64. The van der Waals surface area contributed by atoms with Gasteiger partial charge in [-0.3, -0.25) is 9.79 Å². The average Bonchev–Trinajstić information content (AvgIpc) is 3.17. The summed E-state index contributed by atoms with van der Waals surface area (Å²) in [7, 11) is 0. The van der Waals surface area contributed by atoms with Crippen LogP contribution in [0.15, 0.2) is 4.99 Å². The fraction of sp³-hybridized carbons (Fsp3) is 0.889. The van der Waals surface area contributed by atoms with Gasteiger partial charge < -0.3 is 20.1 Å². The third-order valence-electron chi connectivity index (χ3n) is 4.64. The van der Waals surface area contributed by atoms with Crippen LogP contribution in [0.3, 0.4) is 0 Å². The SMILES string of the molecule is CCNC(=NCCCCCCC(=O)OCC)NC1CC2CCC1O2. The minimum atomic E-state index is -0.0813. The Hall–Kier alpha value is -1.30. The van der Waals surface area contributed by atoms with Crippen LogP contribution in [0, 0.1) is 0 Å². The summed E-state index contributed by atoms with van der Waals surface area (Å²) >= 11 is 0. The highest BCUT2D eigenvalue weighted by Crippen LogP contribution is 2.34. The summed E-state index contributed by atoms with van der Waals surface area (Å²) in [6.45, 7) is 6.09. The van der Waals surface area contributed by atoms with Crippen molar-refractivity contribution in [2.24, 2.45) is 4.99 Å². The second-order valence-corrected chi connectivity index (χ2v) is 6.59. The van der Waals surface area contributed by atoms with E-state index in [1.54, 1.807) is 0 Å². The number of guanidine groups is 1. The molecule has 3 atom stereocenters. The first-order valence-corrected chi connectivity index (χ1v) is 9.58. The number of aliphatic imine (C=N–C) groups is 1. The van der Waals surface area contributed by atoms with Crippen molar-refractivity contribution in [3.63, 3.8) is 0 Å². The molecule has 2 fully saturated rings. The van der Waals surface area contributed by atoms with E-state index in [0.717, 1.165) is 51.2 Å². The van der Waals surface area contributed by atoms with Crippen molar-refractivity contribution in [2.45, 2.75) is 83.5 Å². The molecule has 0 amide bonds. The molecule has 2 saturated heterocycles. The second-order valence-electron chi connectivity index (χ2n) is 6.59. The van der Waals surface area contributed by atoms with E-state index in [4.69, 9.17) is 9.47 Å². The van der Waals surface area contributed by atoms with Crippen LogP contribution in [0.1, 0.15) is 65.2 Å². The van der Waals surface area contributed by atoms with Gasteiger partial charge in [-0.2, -0.15) is 0 Å². The molecule has 3 unspecified atom stereocenters. The van der Waals surface area contributed by atoms with Gasteiger partial charge in [-0.15, -0.1) is 0 Å². The maximum absolute atomic E-state index is 11.2. The molecule has 24 heavy (non-hydrogen) atoms. The van der Waals surface area contributed by atoms with Crippen molar-refractivity contribution >= 4 is 11.9 Å². The monoisotopic (exact) mass is 339 g/mol. The Balaban J connectivity index is 1.58. The molecule has 0 aliphatic carbocycles. The Morgan fingerprint density at radius 1 is 1.21 bits per heavy atom. The first kappa shape index (κ1) is 19.0. The highest BCUT2D eigenvalue weighted by molar-refractivity contribution is 5.80. The third kappa shape index (κ3) is 6.30. The molecular weight excluding hydrogens is 306 g/mol. The van der Waals surface area contributed by atoms with E-state index in [1.807, 2.05) is 6.92 Å². The molecule has 2 heterocycles. The molecule has 2 bridgehead atoms. The van der Waals surface area contributed by atoms with E-state index in [2.05, 4.69) is 22.5 Å². The molecular formula is C18H33N3O3. The minimum absolute atomic E-state index is 0.0813. The molecule has 0 aromatic rings. The predicted molar refractivity (Wildman–Crippen MR) is 95.1 cm³/mol. The van der Waals surface area contributed by atoms with Crippen LogP contribution in [0.2, 0.25) is 0 Å². The maximum atomic E-state index is 11.2. The smallest absolute Gasteiger partial charge is 0.305 e. The summed E-state index contributed by atoms with van der Waals surface area (Å²) < 4.78 is 10.8. The van der Waals surface area contributed by atoms with E-state index < -0.39 is 0 Å². The summed E-state index contributed by atoms with van der Waals surface area (Å²) in [5.41, 5.74) is 0. The van der Waals surface area contributed by atoms with Crippen LogP contribution >= 0.6 is 0 Å². The number of nitrogens with one attached hydrogen (secondary N) is 2. The number of nitrogens with zero attached hydrogens (tertiary/aromatic N) is 1. The number of carbonyl (C=O) groups is 1. The van der Waals surface area contributed by atoms with Gasteiger partial charge in [0.25, 0.3) is 0 Å². The van der Waals surface area contributed by atoms with Crippen LogP contribution in [-0.4, -0.2) is 49.9 Å². The van der Waals surface area contributed by atoms with Crippen LogP contribution < -0.4 is 10.6 Å². The number of ether oxygens (including phenoxy) is 2. The number of fused-ring (bicyclic) bond motifs is 2. The molecule has 6 heteroatoms. The highest BCUT2D eigenvalue weighted by Gasteiger charge is 2.41. The van der Waals surface area contributed by atoms with Gasteiger partial charge in [0.2, 0.25) is 0 Å². The molecule has 0 spiro atoms. The van der Waals surface area contributed by atoms with Gasteiger partial charge in [0.05, 0.1) is 24.9 Å². The molecule has 0 aromatic carbocycles. The first-order valence-electron chi connectivity index (χ1n) is 9.58. The number of carbonyl (C=O) groups excluding carboxylic acids is 1. The lowest BCUT2D eigenvalue weighted by Crippen LogP contribution is -2.47. The van der Waals surface area contributed by atoms with Gasteiger partial charge in [0.15, 0.2) is 5.96 Å². The predicted octanol–water partition coefficient (Wildman–Crippen LogP) is 2.38. The summed E-state index contributed by atoms with van der Waals surface area (Å²) in [6, 6.07) is 0.408. The molecule has 0 saturated carbocycles. The number of unbranched alkanes of at least 4 members (excludes halogenated alkanes) is 3. The number of rotatable bonds is 10. The zero-order valence-corrected chi connectivity index (χ0v) is 15.2. The van der Waals surface area contributed by atoms with Gasteiger partial charge >= 0.3 is 5.97 Å². The van der Waals surface area contributed by atoms with Crippen LogP contribution in [0.4, 0.5) is 0 Å². The second kappa shape index (κ2) is 10.5. The zero-order chi connectivity index (χ0) is 17.2. The largest absolute Gasteiger partial charge is 0.466 e. The Morgan fingerprint density at radius 2 is 2.04 bits per heavy atom. The van der Waals surface area contributed by atoms with Crippen molar-refractivity contribution in [2.75, 3.05) is 19.7 Å². The molecule has 2 N–H and O–H groups in total. The lowest BCUT2D eigenvalue weighted by molar-refractivity contribution is -0.143. The lowest BCUT2D eigenvalue weighted by Gasteiger charge is -2.22. The van der Waals surface area contributed by atoms with Gasteiger partial charge in [-0.25, -0.2) is 0 Å². The van der Waals surface area contributed by atoms with Crippen molar-refractivity contribution < 1.29 is 14.3 Å². The minimum Gasteiger partial charge on any atom is -0.466 e. The normalized spacial score (nSPS) is 25.8. The van der Waals surface area contributed by atoms with Crippen molar-refractivity contribution in [1.82, 2.24) is 10.6 Å². The molecule has 2 aliphatic heterocycles. The van der Waals surface area contributed by atoms with E-state index in [0.29, 0.717) is 31.3 Å². The zero-order valence-electron chi connectivity index (χ0n) is 15.2. The first-order chi connectivity index (χ1) is 11.7. The average molecular weight is 339 g/mol. The molecule has 0 radical (unpaired) electrons. The molecule has 6 nitrogen and oxygen atoms in total. The van der Waals surface area contributed by atoms with Crippen LogP contribution in [0.5, 0.6) is 0 Å². The van der Waals surface area contributed by atoms with E-state index >= 15 is 0 Å². The van der Waals surface area contributed by atoms with Crippen LogP contribution in [-0.2, 0) is 14.3 Å². The Kier molecular flexibility index (Phi) is 8.36. The highest BCUT2D eigenvalue weighted by atomic mass is 16.5. The van der Waals surface area contributed by atoms with Gasteiger partial charge in [0.1, 0.15) is 0 Å². The molecule has 138 valence electrons. The number of hydrogen-bond donors (Lipinski definition) is 2. The lowest BCUT2D eigenvalue weighted by atomic mass is 9.96. The van der Waals surface area contributed by atoms with E-state index in [1.165, 1.54) is 12.8 Å². The summed E-state index contributed by atoms with van der Waals surface area (Å²) in [4.78, 5) is 15.9. The van der Waals surface area contributed by atoms with Crippen molar-refractivity contribution in [3.05, 3.63) is 0 Å². The fourth-order valence-corrected chi connectivity index (χ4v) is 3.44. The van der Waals surface area contributed by atoms with Crippen LogP contribution in [0.25, 0.3) is 0 Å². The van der Waals surface area contributed by atoms with E-state index in [9.17, 15) is 4.79 Å². The fourth-order valence-electron chi connectivity index (χ4n) is 3.44. The Morgan fingerprint density at radius 3 is 2.71 bits per heavy atom. The molecule has 2 rings (SSSR count). The Labute approximate surface area is 145 Å². The topological polar surface area (TPSA) is 72.0 Å². The van der Waals surface area contributed by atoms with Crippen molar-refractivity contribution in [1.29, 1.82) is 0 Å².